The SMILES string of the molecule is C=CCC(Br)Br. The van der Waals surface area contributed by atoms with E-state index in [2.05, 4.69) is 38.4 Å². The van der Waals surface area contributed by atoms with Gasteiger partial charge in [-0.05, 0) is 6.42 Å². The van der Waals surface area contributed by atoms with Gasteiger partial charge in [0.15, 0.2) is 0 Å². The minimum absolute atomic E-state index is 0.405. The zero-order valence-corrected chi connectivity index (χ0v) is 6.50. The second-order valence-electron chi connectivity index (χ2n) is 0.915. The number of alkyl halides is 2. The summed E-state index contributed by atoms with van der Waals surface area (Å²) in [5, 5.41) is 0. The highest BCUT2D eigenvalue weighted by Crippen LogP contribution is 2.11. The Bertz CT molecular complexity index is 40.8. The lowest BCUT2D eigenvalue weighted by atomic mass is 10.5. The van der Waals surface area contributed by atoms with Gasteiger partial charge in [-0.2, -0.15) is 0 Å². The third-order valence-electron chi connectivity index (χ3n) is 0.345. The summed E-state index contributed by atoms with van der Waals surface area (Å²) in [6, 6.07) is 0. The van der Waals surface area contributed by atoms with E-state index in [1.54, 1.807) is 0 Å². The second-order valence-corrected chi connectivity index (χ2v) is 4.35. The van der Waals surface area contributed by atoms with E-state index < -0.39 is 0 Å². The Labute approximate surface area is 54.9 Å². The molecule has 0 unspecified atom stereocenters. The van der Waals surface area contributed by atoms with Crippen molar-refractivity contribution in [3.05, 3.63) is 12.7 Å². The van der Waals surface area contributed by atoms with Gasteiger partial charge in [0.25, 0.3) is 0 Å². The molecule has 36 valence electrons. The standard InChI is InChI=1S/C4H6Br2/c1-2-3-4(5)6/h2,4H,1,3H2. The van der Waals surface area contributed by atoms with Crippen LogP contribution in [-0.2, 0) is 0 Å². The molecule has 0 aromatic rings. The highest BCUT2D eigenvalue weighted by molar-refractivity contribution is 9.24. The lowest BCUT2D eigenvalue weighted by Crippen LogP contribution is -1.75. The number of allylic oxidation sites excluding steroid dienone is 1. The molecule has 0 nitrogen and oxygen atoms in total. The van der Waals surface area contributed by atoms with E-state index in [9.17, 15) is 0 Å². The average Bonchev–Trinajstić information content (AvgIpc) is 1.35. The van der Waals surface area contributed by atoms with Crippen molar-refractivity contribution in [2.75, 3.05) is 0 Å². The lowest BCUT2D eigenvalue weighted by molar-refractivity contribution is 1.22. The van der Waals surface area contributed by atoms with Gasteiger partial charge in [-0.25, -0.2) is 0 Å². The van der Waals surface area contributed by atoms with Gasteiger partial charge in [-0.3, -0.25) is 0 Å². The normalized spacial score (nSPS) is 9.17. The monoisotopic (exact) mass is 212 g/mol. The number of halogens is 2. The predicted molar refractivity (Wildman–Crippen MR) is 36.5 cm³/mol. The molecule has 0 fully saturated rings. The van der Waals surface area contributed by atoms with Crippen molar-refractivity contribution >= 4 is 31.9 Å². The lowest BCUT2D eigenvalue weighted by Gasteiger charge is -1.87. The van der Waals surface area contributed by atoms with E-state index in [-0.39, 0.29) is 0 Å². The summed E-state index contributed by atoms with van der Waals surface area (Å²) in [4.78, 5) is 0. The average molecular weight is 214 g/mol. The van der Waals surface area contributed by atoms with Crippen molar-refractivity contribution in [1.29, 1.82) is 0 Å². The molecule has 0 atom stereocenters. The molecule has 0 aliphatic carbocycles. The van der Waals surface area contributed by atoms with Crippen LogP contribution in [0.2, 0.25) is 0 Å². The molecule has 0 aliphatic heterocycles. The van der Waals surface area contributed by atoms with Crippen LogP contribution in [0.25, 0.3) is 0 Å². The van der Waals surface area contributed by atoms with Crippen LogP contribution in [-0.4, -0.2) is 3.74 Å². The Hall–Kier alpha value is 0.700. The Morgan fingerprint density at radius 1 is 1.67 bits per heavy atom. The van der Waals surface area contributed by atoms with Crippen molar-refractivity contribution in [2.45, 2.75) is 10.2 Å². The Morgan fingerprint density at radius 2 is 2.17 bits per heavy atom. The first-order valence-electron chi connectivity index (χ1n) is 1.66. The number of hydrogen-bond acceptors (Lipinski definition) is 0. The van der Waals surface area contributed by atoms with Gasteiger partial charge in [-0.1, -0.05) is 37.9 Å². The third kappa shape index (κ3) is 4.70. The van der Waals surface area contributed by atoms with Crippen LogP contribution >= 0.6 is 31.9 Å². The van der Waals surface area contributed by atoms with Crippen LogP contribution in [0.5, 0.6) is 0 Å². The first-order valence-corrected chi connectivity index (χ1v) is 3.49. The van der Waals surface area contributed by atoms with E-state index >= 15 is 0 Å². The van der Waals surface area contributed by atoms with Gasteiger partial charge < -0.3 is 0 Å². The van der Waals surface area contributed by atoms with Gasteiger partial charge in [0.05, 0.1) is 3.74 Å². The molecule has 0 radical (unpaired) electrons. The molecule has 0 aliphatic rings. The fourth-order valence-electron chi connectivity index (χ4n) is 0.126. The molecule has 6 heavy (non-hydrogen) atoms. The molecule has 0 aromatic heterocycles. The molecule has 0 heterocycles. The predicted octanol–water partition coefficient (Wildman–Crippen LogP) is 2.68. The summed E-state index contributed by atoms with van der Waals surface area (Å²) in [5.41, 5.74) is 0. The largest absolute Gasteiger partial charge is 0.103 e. The van der Waals surface area contributed by atoms with Gasteiger partial charge >= 0.3 is 0 Å². The van der Waals surface area contributed by atoms with E-state index in [4.69, 9.17) is 0 Å². The summed E-state index contributed by atoms with van der Waals surface area (Å²) in [5.74, 6) is 0. The molecule has 2 heteroatoms. The Kier molecular flexibility index (Phi) is 4.33. The first kappa shape index (κ1) is 6.70. The molecule has 0 bridgehead atoms. The second kappa shape index (κ2) is 3.88. The Morgan fingerprint density at radius 3 is 2.17 bits per heavy atom. The van der Waals surface area contributed by atoms with Crippen molar-refractivity contribution in [2.24, 2.45) is 0 Å². The topological polar surface area (TPSA) is 0 Å². The van der Waals surface area contributed by atoms with Gasteiger partial charge in [-0.15, -0.1) is 6.58 Å². The van der Waals surface area contributed by atoms with Crippen LogP contribution in [0.15, 0.2) is 12.7 Å². The minimum Gasteiger partial charge on any atom is -0.103 e. The summed E-state index contributed by atoms with van der Waals surface area (Å²) in [7, 11) is 0. The molecule has 0 rings (SSSR count). The summed E-state index contributed by atoms with van der Waals surface area (Å²) in [6.07, 6.45) is 2.83. The Balaban J connectivity index is 2.81. The van der Waals surface area contributed by atoms with Crippen molar-refractivity contribution in [3.63, 3.8) is 0 Å². The van der Waals surface area contributed by atoms with Crippen LogP contribution in [0.3, 0.4) is 0 Å². The zero-order valence-electron chi connectivity index (χ0n) is 3.32. The summed E-state index contributed by atoms with van der Waals surface area (Å²) < 4.78 is 0.405. The van der Waals surface area contributed by atoms with Crippen LogP contribution < -0.4 is 0 Å². The van der Waals surface area contributed by atoms with Gasteiger partial charge in [0, 0.05) is 0 Å². The molecular formula is C4H6Br2. The summed E-state index contributed by atoms with van der Waals surface area (Å²) in [6.45, 7) is 3.54. The third-order valence-corrected chi connectivity index (χ3v) is 1.09. The van der Waals surface area contributed by atoms with Gasteiger partial charge in [0.2, 0.25) is 0 Å². The zero-order chi connectivity index (χ0) is 4.99. The van der Waals surface area contributed by atoms with E-state index in [1.165, 1.54) is 0 Å². The van der Waals surface area contributed by atoms with Crippen molar-refractivity contribution in [1.82, 2.24) is 0 Å². The van der Waals surface area contributed by atoms with Crippen LogP contribution in [0, 0.1) is 0 Å². The van der Waals surface area contributed by atoms with Crippen LogP contribution in [0.1, 0.15) is 6.42 Å². The fourth-order valence-corrected chi connectivity index (χ4v) is 0.655. The fraction of sp³-hybridized carbons (Fsp3) is 0.500. The smallest absolute Gasteiger partial charge is 0.0732 e. The molecule has 0 amide bonds. The molecule has 0 N–H and O–H groups in total. The number of rotatable bonds is 2. The maximum atomic E-state index is 3.54. The van der Waals surface area contributed by atoms with Crippen LogP contribution in [0.4, 0.5) is 0 Å². The van der Waals surface area contributed by atoms with E-state index in [0.29, 0.717) is 3.74 Å². The molecular weight excluding hydrogens is 208 g/mol. The highest BCUT2D eigenvalue weighted by atomic mass is 79.9. The van der Waals surface area contributed by atoms with E-state index in [0.717, 1.165) is 6.42 Å². The van der Waals surface area contributed by atoms with Crippen molar-refractivity contribution < 1.29 is 0 Å². The minimum atomic E-state index is 0.405. The highest BCUT2D eigenvalue weighted by Gasteiger charge is 1.87. The molecule has 0 saturated carbocycles. The molecule has 0 aromatic carbocycles. The molecule has 0 saturated heterocycles. The van der Waals surface area contributed by atoms with Gasteiger partial charge in [0.1, 0.15) is 0 Å². The van der Waals surface area contributed by atoms with E-state index in [1.807, 2.05) is 6.08 Å². The maximum Gasteiger partial charge on any atom is 0.0732 e. The molecule has 0 spiro atoms. The maximum absolute atomic E-state index is 3.54. The summed E-state index contributed by atoms with van der Waals surface area (Å²) >= 11 is 6.56. The van der Waals surface area contributed by atoms with Crippen molar-refractivity contribution in [3.8, 4) is 0 Å². The quantitative estimate of drug-likeness (QED) is 0.489. The first-order chi connectivity index (χ1) is 2.77. The number of hydrogen-bond donors (Lipinski definition) is 0.